The molecule has 0 spiro atoms. The molecule has 10 heavy (non-hydrogen) atoms. The Labute approximate surface area is 68.4 Å². The first-order valence-electron chi connectivity index (χ1n) is 3.07. The van der Waals surface area contributed by atoms with Gasteiger partial charge in [-0.15, -0.1) is 0 Å². The Morgan fingerprint density at radius 3 is 0.800 bits per heavy atom. The minimum atomic E-state index is 0. The summed E-state index contributed by atoms with van der Waals surface area (Å²) in [6.07, 6.45) is 0. The van der Waals surface area contributed by atoms with E-state index in [0.29, 0.717) is 0 Å². The van der Waals surface area contributed by atoms with Crippen molar-refractivity contribution in [3.05, 3.63) is 0 Å². The first-order chi connectivity index (χ1) is 3.46. The van der Waals surface area contributed by atoms with Gasteiger partial charge < -0.3 is 4.90 Å². The van der Waals surface area contributed by atoms with Crippen molar-refractivity contribution >= 4 is 0 Å². The van der Waals surface area contributed by atoms with Crippen LogP contribution in [0.1, 0.15) is 35.6 Å². The van der Waals surface area contributed by atoms with Gasteiger partial charge in [-0.25, -0.2) is 0 Å². The van der Waals surface area contributed by atoms with E-state index in [-0.39, 0.29) is 14.9 Å². The molecule has 68 valence electrons. The zero-order valence-corrected chi connectivity index (χ0v) is 7.02. The van der Waals surface area contributed by atoms with Crippen LogP contribution in [0, 0.1) is 5.92 Å². The molecule has 0 saturated carbocycles. The lowest BCUT2D eigenvalue weighted by atomic mass is 10.3. The van der Waals surface area contributed by atoms with Gasteiger partial charge >= 0.3 is 0 Å². The summed E-state index contributed by atoms with van der Waals surface area (Å²) in [4.78, 5) is 2.00. The predicted molar refractivity (Wildman–Crippen MR) is 53.6 cm³/mol. The summed E-state index contributed by atoms with van der Waals surface area (Å²) in [5.41, 5.74) is 0. The minimum Gasteiger partial charge on any atom is -0.312 e. The van der Waals surface area contributed by atoms with Crippen molar-refractivity contribution in [2.24, 2.45) is 5.92 Å². The molecule has 0 saturated heterocycles. The first kappa shape index (κ1) is 22.5. The molecule has 0 atom stereocenters. The Balaban J connectivity index is -0.0000000300. The topological polar surface area (TPSA) is 3.24 Å². The number of nitrogens with zero attached hydrogens (tertiary/aromatic N) is 1. The molecule has 0 aromatic heterocycles. The minimum absolute atomic E-state index is 0. The van der Waals surface area contributed by atoms with E-state index in [2.05, 4.69) is 20.8 Å². The Kier molecular flexibility index (Phi) is 36.0. The van der Waals surface area contributed by atoms with Crippen LogP contribution in [0.15, 0.2) is 0 Å². The summed E-state index contributed by atoms with van der Waals surface area (Å²) >= 11 is 0. The van der Waals surface area contributed by atoms with E-state index in [9.17, 15) is 0 Å². The van der Waals surface area contributed by atoms with Crippen LogP contribution < -0.4 is 0 Å². The van der Waals surface area contributed by atoms with Gasteiger partial charge in [-0.05, 0) is 27.1 Å². The zero-order valence-electron chi connectivity index (χ0n) is 7.02. The van der Waals surface area contributed by atoms with Gasteiger partial charge in [0.25, 0.3) is 0 Å². The van der Waals surface area contributed by atoms with Crippen molar-refractivity contribution in [1.29, 1.82) is 0 Å². The van der Waals surface area contributed by atoms with Crippen molar-refractivity contribution < 1.29 is 0 Å². The average molecular weight is 149 g/mol. The molecule has 0 aliphatic heterocycles. The highest BCUT2D eigenvalue weighted by Crippen LogP contribution is 1.81. The highest BCUT2D eigenvalue weighted by atomic mass is 15.0. The Morgan fingerprint density at radius 2 is 0.800 bits per heavy atom. The largest absolute Gasteiger partial charge is 0.312 e. The molecular weight excluding hydrogens is 122 g/mol. The molecule has 0 aliphatic rings. The van der Waals surface area contributed by atoms with Crippen LogP contribution in [0.3, 0.4) is 0 Å². The molecule has 0 aliphatic carbocycles. The van der Waals surface area contributed by atoms with E-state index in [1.807, 2.05) is 26.0 Å². The van der Waals surface area contributed by atoms with Gasteiger partial charge in [0, 0.05) is 0 Å². The van der Waals surface area contributed by atoms with E-state index < -0.39 is 0 Å². The summed E-state index contributed by atoms with van der Waals surface area (Å²) < 4.78 is 0. The molecule has 0 bridgehead atoms. The maximum Gasteiger partial charge on any atom is -0.0140 e. The summed E-state index contributed by atoms with van der Waals surface area (Å²) in [6, 6.07) is 0. The number of hydrogen-bond donors (Lipinski definition) is 0. The van der Waals surface area contributed by atoms with Crippen LogP contribution in [0.4, 0.5) is 0 Å². The van der Waals surface area contributed by atoms with Crippen molar-refractivity contribution in [2.45, 2.75) is 35.6 Å². The lowest BCUT2D eigenvalue weighted by molar-refractivity contribution is 0.505. The molecule has 1 nitrogen and oxygen atoms in total. The van der Waals surface area contributed by atoms with Crippen molar-refractivity contribution in [1.82, 2.24) is 4.90 Å². The first-order valence-corrected chi connectivity index (χ1v) is 3.07. The molecular formula is C9H27N. The molecule has 0 rings (SSSR count). The molecule has 0 heterocycles. The molecule has 0 radical (unpaired) electrons. The van der Waals surface area contributed by atoms with Gasteiger partial charge in [-0.3, -0.25) is 0 Å². The highest BCUT2D eigenvalue weighted by molar-refractivity contribution is 4.20. The smallest absolute Gasteiger partial charge is 0.0140 e. The third kappa shape index (κ3) is 241000. The second-order valence-electron chi connectivity index (χ2n) is 3.07. The maximum atomic E-state index is 2.17. The third-order valence-electron chi connectivity index (χ3n) is 0. The Morgan fingerprint density at radius 1 is 0.800 bits per heavy atom. The van der Waals surface area contributed by atoms with Crippen LogP contribution in [-0.2, 0) is 0 Å². The van der Waals surface area contributed by atoms with E-state index in [0.717, 1.165) is 5.92 Å². The molecule has 1 heteroatoms. The quantitative estimate of drug-likeness (QED) is 0.511. The van der Waals surface area contributed by atoms with Crippen LogP contribution in [0.25, 0.3) is 0 Å². The summed E-state index contributed by atoms with van der Waals surface area (Å²) in [5, 5.41) is 0. The van der Waals surface area contributed by atoms with E-state index in [4.69, 9.17) is 0 Å². The zero-order chi connectivity index (χ0) is 7.15. The third-order valence-corrected chi connectivity index (χ3v) is 0. The lowest BCUT2D eigenvalue weighted by Crippen LogP contribution is -1.99. The van der Waals surface area contributed by atoms with Gasteiger partial charge in [-0.2, -0.15) is 0 Å². The fourth-order valence-electron chi connectivity index (χ4n) is 0. The summed E-state index contributed by atoms with van der Waals surface area (Å²) in [6.45, 7) is 6.50. The summed E-state index contributed by atoms with van der Waals surface area (Å²) in [5.74, 6) is 0.833. The highest BCUT2D eigenvalue weighted by Gasteiger charge is 1.68. The second-order valence-corrected chi connectivity index (χ2v) is 3.07. The molecule has 0 amide bonds. The fourth-order valence-corrected chi connectivity index (χ4v) is 0. The van der Waals surface area contributed by atoms with Crippen molar-refractivity contribution in [3.8, 4) is 0 Å². The fraction of sp³-hybridized carbons (Fsp3) is 1.00. The second kappa shape index (κ2) is 16.0. The number of hydrogen-bond acceptors (Lipinski definition) is 1. The average Bonchev–Trinajstić information content (AvgIpc) is 1.25. The molecule has 0 aromatic carbocycles. The van der Waals surface area contributed by atoms with Crippen molar-refractivity contribution in [2.75, 3.05) is 21.1 Å². The van der Waals surface area contributed by atoms with Gasteiger partial charge in [0.1, 0.15) is 0 Å². The summed E-state index contributed by atoms with van der Waals surface area (Å²) in [7, 11) is 6.00. The van der Waals surface area contributed by atoms with Gasteiger partial charge in [-0.1, -0.05) is 35.6 Å². The monoisotopic (exact) mass is 149 g/mol. The molecule has 0 unspecified atom stereocenters. The standard InChI is InChI=1S/C4H10.C3H9N.2CH4/c2*1-4(2)3;;/h4H,1-3H3;1-3H3;2*1H4. The van der Waals surface area contributed by atoms with Crippen molar-refractivity contribution in [3.63, 3.8) is 0 Å². The van der Waals surface area contributed by atoms with E-state index in [1.54, 1.807) is 0 Å². The van der Waals surface area contributed by atoms with Gasteiger partial charge in [0.15, 0.2) is 0 Å². The number of rotatable bonds is 0. The van der Waals surface area contributed by atoms with Crippen LogP contribution in [-0.4, -0.2) is 26.0 Å². The van der Waals surface area contributed by atoms with Crippen LogP contribution >= 0.6 is 0 Å². The maximum absolute atomic E-state index is 2.17. The molecule has 0 fully saturated rings. The van der Waals surface area contributed by atoms with Gasteiger partial charge in [0.05, 0.1) is 0 Å². The van der Waals surface area contributed by atoms with Gasteiger partial charge in [0.2, 0.25) is 0 Å². The molecule has 0 aromatic rings. The molecule has 0 N–H and O–H groups in total. The normalized spacial score (nSPS) is 7.20. The Bertz CT molecular complexity index is 20.2. The predicted octanol–water partition coefficient (Wildman–Crippen LogP) is 3.11. The SMILES string of the molecule is C.C.CC(C)C.CN(C)C. The van der Waals surface area contributed by atoms with E-state index in [1.165, 1.54) is 0 Å². The Hall–Kier alpha value is -0.0400. The van der Waals surface area contributed by atoms with E-state index >= 15 is 0 Å². The van der Waals surface area contributed by atoms with Crippen LogP contribution in [0.2, 0.25) is 0 Å². The van der Waals surface area contributed by atoms with Crippen LogP contribution in [0.5, 0.6) is 0 Å². The lowest BCUT2D eigenvalue weighted by Gasteiger charge is -1.90.